The molecular formula is C11H19N5. The highest BCUT2D eigenvalue weighted by molar-refractivity contribution is 5.77. The van der Waals surface area contributed by atoms with Gasteiger partial charge in [-0.1, -0.05) is 6.42 Å². The molecule has 1 aliphatic carbocycles. The van der Waals surface area contributed by atoms with Crippen molar-refractivity contribution < 1.29 is 0 Å². The molecule has 0 saturated heterocycles. The Labute approximate surface area is 95.7 Å². The first kappa shape index (κ1) is 11.0. The van der Waals surface area contributed by atoms with Crippen LogP contribution in [0.2, 0.25) is 0 Å². The molecule has 1 saturated carbocycles. The maximum atomic E-state index is 5.77. The third-order valence-corrected chi connectivity index (χ3v) is 2.99. The van der Waals surface area contributed by atoms with Gasteiger partial charge in [0.15, 0.2) is 5.96 Å². The maximum absolute atomic E-state index is 5.77. The summed E-state index contributed by atoms with van der Waals surface area (Å²) in [6.07, 6.45) is 7.76. The lowest BCUT2D eigenvalue weighted by Gasteiger charge is -2.25. The van der Waals surface area contributed by atoms with Gasteiger partial charge in [0.25, 0.3) is 0 Å². The fourth-order valence-electron chi connectivity index (χ4n) is 1.73. The summed E-state index contributed by atoms with van der Waals surface area (Å²) < 4.78 is 1.77. The van der Waals surface area contributed by atoms with Gasteiger partial charge >= 0.3 is 0 Å². The first-order chi connectivity index (χ1) is 7.74. The standard InChI is InChI=1S/C11H19N5/c1-16-8-10(7-15-16)6-14-11(12)13-5-9-3-2-4-9/h7-9H,2-6H2,1H3,(H3,12,13,14). The van der Waals surface area contributed by atoms with Crippen LogP contribution < -0.4 is 11.1 Å². The fraction of sp³-hybridized carbons (Fsp3) is 0.636. The molecule has 5 nitrogen and oxygen atoms in total. The second-order valence-corrected chi connectivity index (χ2v) is 4.40. The highest BCUT2D eigenvalue weighted by Crippen LogP contribution is 2.24. The van der Waals surface area contributed by atoms with Crippen molar-refractivity contribution in [2.24, 2.45) is 23.7 Å². The Kier molecular flexibility index (Phi) is 3.44. The summed E-state index contributed by atoms with van der Waals surface area (Å²) in [4.78, 5) is 4.27. The Morgan fingerprint density at radius 3 is 3.06 bits per heavy atom. The van der Waals surface area contributed by atoms with Crippen LogP contribution in [-0.2, 0) is 13.6 Å². The minimum Gasteiger partial charge on any atom is -0.370 e. The zero-order valence-electron chi connectivity index (χ0n) is 9.69. The smallest absolute Gasteiger partial charge is 0.188 e. The summed E-state index contributed by atoms with van der Waals surface area (Å²) in [5, 5.41) is 7.24. The van der Waals surface area contributed by atoms with Crippen molar-refractivity contribution in [3.8, 4) is 0 Å². The normalized spacial score (nSPS) is 17.2. The van der Waals surface area contributed by atoms with E-state index in [1.165, 1.54) is 19.3 Å². The molecule has 5 heteroatoms. The van der Waals surface area contributed by atoms with Gasteiger partial charge in [-0.25, -0.2) is 4.99 Å². The van der Waals surface area contributed by atoms with Crippen molar-refractivity contribution in [3.05, 3.63) is 18.0 Å². The molecule has 16 heavy (non-hydrogen) atoms. The fourth-order valence-corrected chi connectivity index (χ4v) is 1.73. The van der Waals surface area contributed by atoms with E-state index < -0.39 is 0 Å². The molecule has 0 atom stereocenters. The van der Waals surface area contributed by atoms with Gasteiger partial charge in [0.05, 0.1) is 12.7 Å². The summed E-state index contributed by atoms with van der Waals surface area (Å²) in [7, 11) is 1.89. The van der Waals surface area contributed by atoms with Crippen molar-refractivity contribution in [2.75, 3.05) is 6.54 Å². The molecule has 1 heterocycles. The van der Waals surface area contributed by atoms with E-state index in [-0.39, 0.29) is 0 Å². The molecule has 3 N–H and O–H groups in total. The zero-order chi connectivity index (χ0) is 11.4. The Morgan fingerprint density at radius 2 is 2.50 bits per heavy atom. The third-order valence-electron chi connectivity index (χ3n) is 2.99. The monoisotopic (exact) mass is 221 g/mol. The van der Waals surface area contributed by atoms with E-state index in [1.54, 1.807) is 4.68 Å². The predicted octanol–water partition coefficient (Wildman–Crippen LogP) is 0.624. The first-order valence-corrected chi connectivity index (χ1v) is 5.75. The van der Waals surface area contributed by atoms with Gasteiger partial charge in [-0.2, -0.15) is 5.10 Å². The molecule has 1 aromatic rings. The van der Waals surface area contributed by atoms with Crippen LogP contribution in [-0.4, -0.2) is 22.3 Å². The largest absolute Gasteiger partial charge is 0.370 e. The van der Waals surface area contributed by atoms with Crippen molar-refractivity contribution in [3.63, 3.8) is 0 Å². The van der Waals surface area contributed by atoms with E-state index in [2.05, 4.69) is 15.4 Å². The van der Waals surface area contributed by atoms with Gasteiger partial charge in [-0.15, -0.1) is 0 Å². The number of hydrogen-bond acceptors (Lipinski definition) is 2. The van der Waals surface area contributed by atoms with E-state index in [0.717, 1.165) is 18.0 Å². The summed E-state index contributed by atoms with van der Waals surface area (Å²) in [6.45, 7) is 1.56. The maximum Gasteiger partial charge on any atom is 0.188 e. The molecule has 0 bridgehead atoms. The van der Waals surface area contributed by atoms with Crippen LogP contribution in [0.3, 0.4) is 0 Å². The Bertz CT molecular complexity index is 364. The summed E-state index contributed by atoms with van der Waals surface area (Å²) in [6, 6.07) is 0. The van der Waals surface area contributed by atoms with E-state index in [0.29, 0.717) is 12.5 Å². The highest BCUT2D eigenvalue weighted by Gasteiger charge is 2.16. The summed E-state index contributed by atoms with van der Waals surface area (Å²) in [5.74, 6) is 1.34. The average molecular weight is 221 g/mol. The molecule has 1 aromatic heterocycles. The van der Waals surface area contributed by atoms with E-state index in [4.69, 9.17) is 5.73 Å². The lowest BCUT2D eigenvalue weighted by molar-refractivity contribution is 0.315. The van der Waals surface area contributed by atoms with Crippen LogP contribution in [0, 0.1) is 5.92 Å². The lowest BCUT2D eigenvalue weighted by Crippen LogP contribution is -2.37. The van der Waals surface area contributed by atoms with Crippen LogP contribution >= 0.6 is 0 Å². The van der Waals surface area contributed by atoms with Crippen LogP contribution in [0.4, 0.5) is 0 Å². The van der Waals surface area contributed by atoms with Gasteiger partial charge < -0.3 is 11.1 Å². The number of aromatic nitrogens is 2. The summed E-state index contributed by atoms with van der Waals surface area (Å²) in [5.41, 5.74) is 6.85. The van der Waals surface area contributed by atoms with Gasteiger partial charge in [-0.3, -0.25) is 4.68 Å². The van der Waals surface area contributed by atoms with Gasteiger partial charge in [0.2, 0.25) is 0 Å². The second-order valence-electron chi connectivity index (χ2n) is 4.40. The molecule has 0 amide bonds. The minimum absolute atomic E-state index is 0.538. The van der Waals surface area contributed by atoms with Crippen molar-refractivity contribution in [2.45, 2.75) is 25.8 Å². The van der Waals surface area contributed by atoms with Gasteiger partial charge in [-0.05, 0) is 18.8 Å². The first-order valence-electron chi connectivity index (χ1n) is 5.75. The molecule has 88 valence electrons. The summed E-state index contributed by atoms with van der Waals surface area (Å²) >= 11 is 0. The predicted molar refractivity (Wildman–Crippen MR) is 63.9 cm³/mol. The Morgan fingerprint density at radius 1 is 1.69 bits per heavy atom. The van der Waals surface area contributed by atoms with E-state index >= 15 is 0 Å². The van der Waals surface area contributed by atoms with Crippen molar-refractivity contribution in [1.29, 1.82) is 0 Å². The number of nitrogens with zero attached hydrogens (tertiary/aromatic N) is 3. The number of hydrogen-bond donors (Lipinski definition) is 2. The van der Waals surface area contributed by atoms with Crippen molar-refractivity contribution >= 4 is 5.96 Å². The number of nitrogens with one attached hydrogen (secondary N) is 1. The highest BCUT2D eigenvalue weighted by atomic mass is 15.2. The molecule has 0 aromatic carbocycles. The second kappa shape index (κ2) is 5.01. The molecule has 1 aliphatic rings. The van der Waals surface area contributed by atoms with E-state index in [9.17, 15) is 0 Å². The molecule has 0 spiro atoms. The van der Waals surface area contributed by atoms with Crippen molar-refractivity contribution in [1.82, 2.24) is 15.1 Å². The molecule has 2 rings (SSSR count). The average Bonchev–Trinajstić information content (AvgIpc) is 2.59. The Hall–Kier alpha value is -1.52. The van der Waals surface area contributed by atoms with E-state index in [1.807, 2.05) is 19.4 Å². The van der Waals surface area contributed by atoms with Crippen LogP contribution in [0.5, 0.6) is 0 Å². The zero-order valence-corrected chi connectivity index (χ0v) is 9.69. The molecule has 0 radical (unpaired) electrons. The molecule has 0 aliphatic heterocycles. The number of nitrogens with two attached hydrogens (primary N) is 1. The number of aliphatic imine (C=N–C) groups is 1. The van der Waals surface area contributed by atoms with Crippen LogP contribution in [0.15, 0.2) is 17.4 Å². The SMILES string of the molecule is Cn1cc(CN=C(N)NCC2CCC2)cn1. The van der Waals surface area contributed by atoms with Gasteiger partial charge in [0, 0.05) is 25.4 Å². The molecular weight excluding hydrogens is 202 g/mol. The number of aryl methyl sites for hydroxylation is 1. The van der Waals surface area contributed by atoms with Gasteiger partial charge in [0.1, 0.15) is 0 Å². The van der Waals surface area contributed by atoms with Crippen LogP contribution in [0.25, 0.3) is 0 Å². The molecule has 1 fully saturated rings. The third kappa shape index (κ3) is 2.98. The quantitative estimate of drug-likeness (QED) is 0.578. The Balaban J connectivity index is 1.73. The number of rotatable bonds is 4. The number of guanidine groups is 1. The minimum atomic E-state index is 0.538. The van der Waals surface area contributed by atoms with Crippen LogP contribution in [0.1, 0.15) is 24.8 Å². The topological polar surface area (TPSA) is 68.2 Å². The molecule has 0 unspecified atom stereocenters. The lowest BCUT2D eigenvalue weighted by atomic mass is 9.85.